The largest absolute Gasteiger partial charge is 0.364 e. The van der Waals surface area contributed by atoms with Gasteiger partial charge < -0.3 is 5.32 Å². The molecule has 0 aromatic carbocycles. The molecule has 1 aliphatic rings. The first-order valence-electron chi connectivity index (χ1n) is 5.33. The third kappa shape index (κ3) is 3.91. The van der Waals surface area contributed by atoms with Crippen molar-refractivity contribution in [2.75, 3.05) is 13.1 Å². The fourth-order valence-corrected chi connectivity index (χ4v) is 2.19. The SMILES string of the molecule is CC(C)C1CN=C(NCC(C)(C)C)S1. The Balaban J connectivity index is 2.29. The number of aliphatic imine (C=N–C) groups is 1. The zero-order valence-corrected chi connectivity index (χ0v) is 10.7. The molecule has 0 bridgehead atoms. The van der Waals surface area contributed by atoms with Crippen molar-refractivity contribution in [3.63, 3.8) is 0 Å². The zero-order chi connectivity index (χ0) is 10.8. The molecule has 0 amide bonds. The number of amidine groups is 1. The first kappa shape index (κ1) is 11.9. The van der Waals surface area contributed by atoms with E-state index in [1.807, 2.05) is 11.8 Å². The molecule has 14 heavy (non-hydrogen) atoms. The van der Waals surface area contributed by atoms with E-state index < -0.39 is 0 Å². The van der Waals surface area contributed by atoms with Crippen LogP contribution in [0.4, 0.5) is 0 Å². The average molecular weight is 214 g/mol. The fraction of sp³-hybridized carbons (Fsp3) is 0.909. The van der Waals surface area contributed by atoms with Crippen LogP contribution in [0.1, 0.15) is 34.6 Å². The number of nitrogens with one attached hydrogen (secondary N) is 1. The van der Waals surface area contributed by atoms with Gasteiger partial charge in [-0.2, -0.15) is 0 Å². The Kier molecular flexibility index (Phi) is 3.87. The zero-order valence-electron chi connectivity index (χ0n) is 9.92. The van der Waals surface area contributed by atoms with Crippen molar-refractivity contribution in [3.8, 4) is 0 Å². The predicted octanol–water partition coefficient (Wildman–Crippen LogP) is 2.75. The van der Waals surface area contributed by atoms with Crippen LogP contribution in [-0.2, 0) is 0 Å². The molecule has 1 aliphatic heterocycles. The highest BCUT2D eigenvalue weighted by Crippen LogP contribution is 2.26. The van der Waals surface area contributed by atoms with Crippen LogP contribution < -0.4 is 5.32 Å². The summed E-state index contributed by atoms with van der Waals surface area (Å²) in [5, 5.41) is 5.24. The van der Waals surface area contributed by atoms with Crippen molar-refractivity contribution in [1.29, 1.82) is 0 Å². The predicted molar refractivity (Wildman–Crippen MR) is 66.0 cm³/mol. The maximum atomic E-state index is 4.51. The lowest BCUT2D eigenvalue weighted by atomic mass is 9.97. The molecule has 3 heteroatoms. The van der Waals surface area contributed by atoms with E-state index in [1.54, 1.807) is 0 Å². The van der Waals surface area contributed by atoms with Crippen molar-refractivity contribution in [2.24, 2.45) is 16.3 Å². The maximum Gasteiger partial charge on any atom is 0.156 e. The van der Waals surface area contributed by atoms with Crippen LogP contribution in [-0.4, -0.2) is 23.5 Å². The number of rotatable bonds is 2. The molecule has 1 N–H and O–H groups in total. The molecule has 2 nitrogen and oxygen atoms in total. The highest BCUT2D eigenvalue weighted by atomic mass is 32.2. The minimum Gasteiger partial charge on any atom is -0.364 e. The molecule has 0 radical (unpaired) electrons. The van der Waals surface area contributed by atoms with E-state index in [2.05, 4.69) is 44.9 Å². The lowest BCUT2D eigenvalue weighted by molar-refractivity contribution is 0.410. The molecule has 0 saturated carbocycles. The van der Waals surface area contributed by atoms with Gasteiger partial charge in [0, 0.05) is 11.8 Å². The number of hydrogen-bond donors (Lipinski definition) is 1. The minimum absolute atomic E-state index is 0.332. The monoisotopic (exact) mass is 214 g/mol. The van der Waals surface area contributed by atoms with Crippen LogP contribution in [0.15, 0.2) is 4.99 Å². The third-order valence-corrected chi connectivity index (χ3v) is 3.68. The molecule has 1 heterocycles. The molecule has 0 spiro atoms. The summed E-state index contributed by atoms with van der Waals surface area (Å²) < 4.78 is 0. The summed E-state index contributed by atoms with van der Waals surface area (Å²) in [6.45, 7) is 13.2. The van der Waals surface area contributed by atoms with Crippen LogP contribution >= 0.6 is 11.8 Å². The second-order valence-electron chi connectivity index (χ2n) is 5.46. The van der Waals surface area contributed by atoms with E-state index in [1.165, 1.54) is 0 Å². The summed E-state index contributed by atoms with van der Waals surface area (Å²) in [7, 11) is 0. The third-order valence-electron chi connectivity index (χ3n) is 2.19. The topological polar surface area (TPSA) is 24.4 Å². The van der Waals surface area contributed by atoms with Gasteiger partial charge in [0.05, 0.1) is 6.54 Å². The smallest absolute Gasteiger partial charge is 0.156 e. The van der Waals surface area contributed by atoms with Gasteiger partial charge in [0.1, 0.15) is 0 Å². The summed E-state index contributed by atoms with van der Waals surface area (Å²) in [6.07, 6.45) is 0. The first-order valence-corrected chi connectivity index (χ1v) is 6.21. The quantitative estimate of drug-likeness (QED) is 0.764. The second kappa shape index (κ2) is 4.56. The Labute approximate surface area is 92.0 Å². The summed E-state index contributed by atoms with van der Waals surface area (Å²) >= 11 is 1.90. The van der Waals surface area contributed by atoms with Gasteiger partial charge in [0.2, 0.25) is 0 Å². The van der Waals surface area contributed by atoms with Crippen LogP contribution in [0.3, 0.4) is 0 Å². The Hall–Kier alpha value is -0.180. The Morgan fingerprint density at radius 3 is 2.57 bits per heavy atom. The van der Waals surface area contributed by atoms with E-state index in [0.29, 0.717) is 10.7 Å². The molecule has 1 rings (SSSR count). The molecule has 0 aliphatic carbocycles. The van der Waals surface area contributed by atoms with Gasteiger partial charge >= 0.3 is 0 Å². The Bertz CT molecular complexity index is 216. The molecular formula is C11H22N2S. The van der Waals surface area contributed by atoms with Gasteiger partial charge in [-0.05, 0) is 11.3 Å². The summed E-state index contributed by atoms with van der Waals surface area (Å²) in [6, 6.07) is 0. The first-order chi connectivity index (χ1) is 6.38. The van der Waals surface area contributed by atoms with Crippen LogP contribution in [0.5, 0.6) is 0 Å². The van der Waals surface area contributed by atoms with Crippen LogP contribution in [0.25, 0.3) is 0 Å². The van der Waals surface area contributed by atoms with Gasteiger partial charge in [-0.15, -0.1) is 0 Å². The number of nitrogens with zero attached hydrogens (tertiary/aromatic N) is 1. The van der Waals surface area contributed by atoms with Gasteiger partial charge in [-0.25, -0.2) is 0 Å². The van der Waals surface area contributed by atoms with Crippen molar-refractivity contribution >= 4 is 16.9 Å². The van der Waals surface area contributed by atoms with E-state index >= 15 is 0 Å². The van der Waals surface area contributed by atoms with Gasteiger partial charge in [0.15, 0.2) is 5.17 Å². The van der Waals surface area contributed by atoms with E-state index in [0.717, 1.165) is 24.2 Å². The normalized spacial score (nSPS) is 22.7. The van der Waals surface area contributed by atoms with Crippen molar-refractivity contribution in [1.82, 2.24) is 5.32 Å². The summed E-state index contributed by atoms with van der Waals surface area (Å²) in [5.74, 6) is 0.720. The molecular weight excluding hydrogens is 192 g/mol. The standard InChI is InChI=1S/C11H22N2S/c1-8(2)9-6-12-10(14-9)13-7-11(3,4)5/h8-9H,6-7H2,1-5H3,(H,12,13). The fourth-order valence-electron chi connectivity index (χ4n) is 1.18. The highest BCUT2D eigenvalue weighted by Gasteiger charge is 2.23. The average Bonchev–Trinajstić information content (AvgIpc) is 2.47. The van der Waals surface area contributed by atoms with E-state index in [-0.39, 0.29) is 0 Å². The Morgan fingerprint density at radius 2 is 2.14 bits per heavy atom. The highest BCUT2D eigenvalue weighted by molar-refractivity contribution is 8.14. The lowest BCUT2D eigenvalue weighted by Crippen LogP contribution is -2.30. The van der Waals surface area contributed by atoms with Crippen molar-refractivity contribution < 1.29 is 0 Å². The molecule has 0 fully saturated rings. The minimum atomic E-state index is 0.332. The molecule has 82 valence electrons. The summed E-state index contributed by atoms with van der Waals surface area (Å²) in [4.78, 5) is 4.51. The summed E-state index contributed by atoms with van der Waals surface area (Å²) in [5.41, 5.74) is 0.332. The molecule has 0 aromatic heterocycles. The van der Waals surface area contributed by atoms with Crippen LogP contribution in [0.2, 0.25) is 0 Å². The molecule has 0 saturated heterocycles. The Morgan fingerprint density at radius 1 is 1.50 bits per heavy atom. The number of hydrogen-bond acceptors (Lipinski definition) is 3. The lowest BCUT2D eigenvalue weighted by Gasteiger charge is -2.19. The van der Waals surface area contributed by atoms with Crippen molar-refractivity contribution in [3.05, 3.63) is 0 Å². The van der Waals surface area contributed by atoms with E-state index in [9.17, 15) is 0 Å². The maximum absolute atomic E-state index is 4.51. The van der Waals surface area contributed by atoms with E-state index in [4.69, 9.17) is 0 Å². The van der Waals surface area contributed by atoms with Crippen molar-refractivity contribution in [2.45, 2.75) is 39.9 Å². The molecule has 1 unspecified atom stereocenters. The molecule has 1 atom stereocenters. The van der Waals surface area contributed by atoms with Gasteiger partial charge in [-0.1, -0.05) is 46.4 Å². The van der Waals surface area contributed by atoms with Crippen LogP contribution in [0, 0.1) is 11.3 Å². The second-order valence-corrected chi connectivity index (χ2v) is 6.69. The number of thioether (sulfide) groups is 1. The van der Waals surface area contributed by atoms with Gasteiger partial charge in [0.25, 0.3) is 0 Å². The molecule has 0 aromatic rings. The van der Waals surface area contributed by atoms with Gasteiger partial charge in [-0.3, -0.25) is 4.99 Å².